The Morgan fingerprint density at radius 3 is 2.86 bits per heavy atom. The van der Waals surface area contributed by atoms with E-state index in [2.05, 4.69) is 13.8 Å². The fourth-order valence-corrected chi connectivity index (χ4v) is 2.00. The Morgan fingerprint density at radius 1 is 1.57 bits per heavy atom. The van der Waals surface area contributed by atoms with Gasteiger partial charge in [0.2, 0.25) is 5.91 Å². The molecule has 1 saturated heterocycles. The monoisotopic (exact) mass is 199 g/mol. The van der Waals surface area contributed by atoms with E-state index in [0.717, 1.165) is 19.5 Å². The summed E-state index contributed by atoms with van der Waals surface area (Å²) in [4.78, 5) is 13.5. The highest BCUT2D eigenvalue weighted by atomic mass is 16.5. The fourth-order valence-electron chi connectivity index (χ4n) is 2.00. The summed E-state index contributed by atoms with van der Waals surface area (Å²) >= 11 is 0. The maximum absolute atomic E-state index is 11.6. The Bertz CT molecular complexity index is 192. The van der Waals surface area contributed by atoms with Gasteiger partial charge in [-0.25, -0.2) is 0 Å². The molecule has 82 valence electrons. The van der Waals surface area contributed by atoms with Crippen molar-refractivity contribution in [3.8, 4) is 0 Å². The van der Waals surface area contributed by atoms with Crippen molar-refractivity contribution in [3.05, 3.63) is 0 Å². The zero-order chi connectivity index (χ0) is 10.6. The summed E-state index contributed by atoms with van der Waals surface area (Å²) in [5, 5.41) is 0. The molecule has 3 nitrogen and oxygen atoms in total. The molecule has 1 aliphatic rings. The molecule has 1 atom stereocenters. The number of hydrogen-bond acceptors (Lipinski definition) is 2. The van der Waals surface area contributed by atoms with E-state index in [1.54, 1.807) is 7.11 Å². The van der Waals surface area contributed by atoms with Crippen molar-refractivity contribution in [2.24, 2.45) is 11.8 Å². The second-order valence-electron chi connectivity index (χ2n) is 4.42. The van der Waals surface area contributed by atoms with Crippen LogP contribution in [0, 0.1) is 11.8 Å². The average molecular weight is 199 g/mol. The lowest BCUT2D eigenvalue weighted by atomic mass is 9.88. The molecule has 0 bridgehead atoms. The number of ether oxygens (including phenoxy) is 1. The van der Waals surface area contributed by atoms with Gasteiger partial charge >= 0.3 is 0 Å². The molecule has 0 aromatic rings. The highest BCUT2D eigenvalue weighted by Gasteiger charge is 2.24. The van der Waals surface area contributed by atoms with Gasteiger partial charge in [0.1, 0.15) is 6.61 Å². The van der Waals surface area contributed by atoms with E-state index in [-0.39, 0.29) is 12.5 Å². The van der Waals surface area contributed by atoms with E-state index in [0.29, 0.717) is 11.8 Å². The molecule has 0 N–H and O–H groups in total. The van der Waals surface area contributed by atoms with Gasteiger partial charge in [-0.15, -0.1) is 0 Å². The number of methoxy groups -OCH3 is 1. The summed E-state index contributed by atoms with van der Waals surface area (Å²) in [5.41, 5.74) is 0. The molecule has 1 amide bonds. The molecular weight excluding hydrogens is 178 g/mol. The van der Waals surface area contributed by atoms with Crippen molar-refractivity contribution in [3.63, 3.8) is 0 Å². The Kier molecular flexibility index (Phi) is 4.39. The van der Waals surface area contributed by atoms with Crippen LogP contribution in [0.1, 0.15) is 26.7 Å². The van der Waals surface area contributed by atoms with Crippen LogP contribution in [0.25, 0.3) is 0 Å². The van der Waals surface area contributed by atoms with Crippen LogP contribution >= 0.6 is 0 Å². The highest BCUT2D eigenvalue weighted by molar-refractivity contribution is 5.77. The third-order valence-electron chi connectivity index (χ3n) is 3.02. The van der Waals surface area contributed by atoms with Gasteiger partial charge in [-0.1, -0.05) is 13.8 Å². The molecule has 0 radical (unpaired) electrons. The van der Waals surface area contributed by atoms with E-state index in [9.17, 15) is 4.79 Å². The minimum absolute atomic E-state index is 0.137. The molecule has 1 fully saturated rings. The largest absolute Gasteiger partial charge is 0.375 e. The molecule has 0 aromatic carbocycles. The first kappa shape index (κ1) is 11.5. The van der Waals surface area contributed by atoms with Crippen LogP contribution in [0.3, 0.4) is 0 Å². The number of likely N-dealkylation sites (tertiary alicyclic amines) is 1. The first-order valence-electron chi connectivity index (χ1n) is 5.42. The first-order chi connectivity index (χ1) is 6.65. The second kappa shape index (κ2) is 5.35. The molecule has 0 spiro atoms. The lowest BCUT2D eigenvalue weighted by Crippen LogP contribution is -2.42. The second-order valence-corrected chi connectivity index (χ2v) is 4.42. The van der Waals surface area contributed by atoms with Crippen LogP contribution in [0.2, 0.25) is 0 Å². The summed E-state index contributed by atoms with van der Waals surface area (Å²) in [7, 11) is 1.57. The van der Waals surface area contributed by atoms with E-state index < -0.39 is 0 Å². The van der Waals surface area contributed by atoms with Crippen LogP contribution in [0.15, 0.2) is 0 Å². The van der Waals surface area contributed by atoms with Crippen molar-refractivity contribution in [1.29, 1.82) is 0 Å². The molecular formula is C11H21NO2. The number of carbonyl (C=O) groups is 1. The standard InChI is InChI=1S/C11H21NO2/c1-9(2)10-5-4-6-12(7-10)11(13)8-14-3/h9-10H,4-8H2,1-3H3. The van der Waals surface area contributed by atoms with Crippen molar-refractivity contribution >= 4 is 5.91 Å². The van der Waals surface area contributed by atoms with E-state index in [4.69, 9.17) is 4.74 Å². The molecule has 1 rings (SSSR count). The zero-order valence-electron chi connectivity index (χ0n) is 9.45. The SMILES string of the molecule is COCC(=O)N1CCCC(C(C)C)C1. The lowest BCUT2D eigenvalue weighted by molar-refractivity contribution is -0.137. The Labute approximate surface area is 86.4 Å². The van der Waals surface area contributed by atoms with Gasteiger partial charge in [0.25, 0.3) is 0 Å². The Hall–Kier alpha value is -0.570. The fraction of sp³-hybridized carbons (Fsp3) is 0.909. The van der Waals surface area contributed by atoms with Crippen LogP contribution in [0.4, 0.5) is 0 Å². The predicted molar refractivity (Wildman–Crippen MR) is 56.0 cm³/mol. The summed E-state index contributed by atoms with van der Waals surface area (Å²) in [6, 6.07) is 0. The highest BCUT2D eigenvalue weighted by Crippen LogP contribution is 2.23. The number of hydrogen-bond donors (Lipinski definition) is 0. The normalized spacial score (nSPS) is 22.9. The van der Waals surface area contributed by atoms with Crippen molar-refractivity contribution in [2.75, 3.05) is 26.8 Å². The summed E-state index contributed by atoms with van der Waals surface area (Å²) in [6.07, 6.45) is 2.40. The molecule has 3 heteroatoms. The lowest BCUT2D eigenvalue weighted by Gasteiger charge is -2.34. The van der Waals surface area contributed by atoms with Crippen LogP contribution < -0.4 is 0 Å². The molecule has 0 aromatic heterocycles. The quantitative estimate of drug-likeness (QED) is 0.690. The molecule has 14 heavy (non-hydrogen) atoms. The molecule has 1 aliphatic heterocycles. The summed E-state index contributed by atoms with van der Waals surface area (Å²) < 4.78 is 4.86. The van der Waals surface area contributed by atoms with Crippen LogP contribution in [-0.2, 0) is 9.53 Å². The van der Waals surface area contributed by atoms with Gasteiger partial charge in [0.05, 0.1) is 0 Å². The molecule has 1 unspecified atom stereocenters. The maximum Gasteiger partial charge on any atom is 0.248 e. The topological polar surface area (TPSA) is 29.5 Å². The summed E-state index contributed by atoms with van der Waals surface area (Å²) in [6.45, 7) is 6.51. The predicted octanol–water partition coefficient (Wildman–Crippen LogP) is 1.53. The van der Waals surface area contributed by atoms with Gasteiger partial charge in [-0.2, -0.15) is 0 Å². The van der Waals surface area contributed by atoms with Crippen molar-refractivity contribution in [2.45, 2.75) is 26.7 Å². The van der Waals surface area contributed by atoms with Crippen LogP contribution in [-0.4, -0.2) is 37.6 Å². The van der Waals surface area contributed by atoms with Gasteiger partial charge in [-0.05, 0) is 24.7 Å². The average Bonchev–Trinajstić information content (AvgIpc) is 2.18. The molecule has 1 heterocycles. The number of piperidine rings is 1. The number of carbonyl (C=O) groups excluding carboxylic acids is 1. The smallest absolute Gasteiger partial charge is 0.248 e. The first-order valence-corrected chi connectivity index (χ1v) is 5.42. The zero-order valence-corrected chi connectivity index (χ0v) is 9.45. The van der Waals surface area contributed by atoms with Gasteiger partial charge in [0, 0.05) is 20.2 Å². The maximum atomic E-state index is 11.6. The number of nitrogens with zero attached hydrogens (tertiary/aromatic N) is 1. The van der Waals surface area contributed by atoms with Gasteiger partial charge in [-0.3, -0.25) is 4.79 Å². The van der Waals surface area contributed by atoms with Crippen LogP contribution in [0.5, 0.6) is 0 Å². The third-order valence-corrected chi connectivity index (χ3v) is 3.02. The Morgan fingerprint density at radius 2 is 2.29 bits per heavy atom. The van der Waals surface area contributed by atoms with Gasteiger partial charge in [0.15, 0.2) is 0 Å². The Balaban J connectivity index is 2.43. The number of rotatable bonds is 3. The summed E-state index contributed by atoms with van der Waals surface area (Å²) in [5.74, 6) is 1.48. The van der Waals surface area contributed by atoms with E-state index >= 15 is 0 Å². The minimum atomic E-state index is 0.137. The minimum Gasteiger partial charge on any atom is -0.375 e. The molecule has 0 aliphatic carbocycles. The van der Waals surface area contributed by atoms with Crippen molar-refractivity contribution < 1.29 is 9.53 Å². The van der Waals surface area contributed by atoms with E-state index in [1.165, 1.54) is 6.42 Å². The van der Waals surface area contributed by atoms with Crippen molar-refractivity contribution in [1.82, 2.24) is 4.90 Å². The third kappa shape index (κ3) is 2.98. The number of amides is 1. The van der Waals surface area contributed by atoms with E-state index in [1.807, 2.05) is 4.90 Å². The molecule has 0 saturated carbocycles. The van der Waals surface area contributed by atoms with Gasteiger partial charge < -0.3 is 9.64 Å².